The van der Waals surface area contributed by atoms with Gasteiger partial charge in [-0.2, -0.15) is 0 Å². The zero-order valence-corrected chi connectivity index (χ0v) is 11.3. The number of ether oxygens (including phenoxy) is 2. The number of hydrogen-bond donors (Lipinski definition) is 1. The molecule has 1 aromatic carbocycles. The molecule has 100 valence electrons. The SMILES string of the molecule is CN(Cc1ccc2c(c1)OCO2)C(C)(C)CCO. The van der Waals surface area contributed by atoms with Gasteiger partial charge in [-0.25, -0.2) is 0 Å². The standard InChI is InChI=1S/C14H21NO3/c1-14(2,6-7-16)15(3)9-11-4-5-12-13(8-11)18-10-17-12/h4-5,8,16H,6-7,9-10H2,1-3H3. The van der Waals surface area contributed by atoms with Crippen molar-refractivity contribution in [2.75, 3.05) is 20.4 Å². The summed E-state index contributed by atoms with van der Waals surface area (Å²) in [5.41, 5.74) is 1.17. The van der Waals surface area contributed by atoms with Gasteiger partial charge in [0.2, 0.25) is 6.79 Å². The highest BCUT2D eigenvalue weighted by atomic mass is 16.7. The lowest BCUT2D eigenvalue weighted by atomic mass is 9.98. The Bertz CT molecular complexity index is 418. The van der Waals surface area contributed by atoms with Crippen molar-refractivity contribution < 1.29 is 14.6 Å². The Balaban J connectivity index is 2.05. The summed E-state index contributed by atoms with van der Waals surface area (Å²) in [6.45, 7) is 5.61. The Morgan fingerprint density at radius 3 is 2.72 bits per heavy atom. The van der Waals surface area contributed by atoms with Crippen molar-refractivity contribution in [3.63, 3.8) is 0 Å². The van der Waals surface area contributed by atoms with Crippen LogP contribution >= 0.6 is 0 Å². The van der Waals surface area contributed by atoms with Crippen molar-refractivity contribution >= 4 is 0 Å². The van der Waals surface area contributed by atoms with E-state index in [1.807, 2.05) is 12.1 Å². The maximum Gasteiger partial charge on any atom is 0.231 e. The first-order valence-electron chi connectivity index (χ1n) is 6.23. The number of aliphatic hydroxyl groups is 1. The summed E-state index contributed by atoms with van der Waals surface area (Å²) in [7, 11) is 2.07. The Morgan fingerprint density at radius 2 is 2.00 bits per heavy atom. The minimum atomic E-state index is -0.0227. The zero-order chi connectivity index (χ0) is 13.2. The number of rotatable bonds is 5. The van der Waals surface area contributed by atoms with Gasteiger partial charge >= 0.3 is 0 Å². The van der Waals surface area contributed by atoms with Crippen LogP contribution < -0.4 is 9.47 Å². The van der Waals surface area contributed by atoms with E-state index in [9.17, 15) is 0 Å². The van der Waals surface area contributed by atoms with Gasteiger partial charge < -0.3 is 14.6 Å². The summed E-state index contributed by atoms with van der Waals surface area (Å²) < 4.78 is 10.7. The third-order valence-corrected chi connectivity index (χ3v) is 3.61. The van der Waals surface area contributed by atoms with E-state index in [0.717, 1.165) is 24.5 Å². The smallest absolute Gasteiger partial charge is 0.231 e. The first-order chi connectivity index (χ1) is 8.53. The van der Waals surface area contributed by atoms with Gasteiger partial charge in [-0.3, -0.25) is 4.90 Å². The predicted molar refractivity (Wildman–Crippen MR) is 69.8 cm³/mol. The number of aliphatic hydroxyl groups excluding tert-OH is 1. The molecule has 0 bridgehead atoms. The van der Waals surface area contributed by atoms with Crippen molar-refractivity contribution in [1.29, 1.82) is 0 Å². The second-order valence-electron chi connectivity index (χ2n) is 5.33. The van der Waals surface area contributed by atoms with Crippen LogP contribution in [-0.2, 0) is 6.54 Å². The topological polar surface area (TPSA) is 41.9 Å². The van der Waals surface area contributed by atoms with Crippen molar-refractivity contribution in [2.45, 2.75) is 32.4 Å². The molecule has 0 aliphatic carbocycles. The van der Waals surface area contributed by atoms with Crippen molar-refractivity contribution in [2.24, 2.45) is 0 Å². The molecule has 1 N–H and O–H groups in total. The number of benzene rings is 1. The monoisotopic (exact) mass is 251 g/mol. The van der Waals surface area contributed by atoms with Gasteiger partial charge in [0.25, 0.3) is 0 Å². The van der Waals surface area contributed by atoms with Crippen LogP contribution in [0.15, 0.2) is 18.2 Å². The Morgan fingerprint density at radius 1 is 1.28 bits per heavy atom. The molecule has 18 heavy (non-hydrogen) atoms. The van der Waals surface area contributed by atoms with Crippen LogP contribution in [0.2, 0.25) is 0 Å². The van der Waals surface area contributed by atoms with E-state index < -0.39 is 0 Å². The summed E-state index contributed by atoms with van der Waals surface area (Å²) in [5.74, 6) is 1.64. The van der Waals surface area contributed by atoms with E-state index in [-0.39, 0.29) is 12.1 Å². The fourth-order valence-corrected chi connectivity index (χ4v) is 1.99. The molecule has 2 rings (SSSR count). The van der Waals surface area contributed by atoms with E-state index in [1.165, 1.54) is 5.56 Å². The molecule has 1 aliphatic heterocycles. The van der Waals surface area contributed by atoms with E-state index in [1.54, 1.807) is 0 Å². The molecule has 1 aliphatic rings. The second kappa shape index (κ2) is 5.16. The summed E-state index contributed by atoms with van der Waals surface area (Å²) in [5, 5.41) is 9.08. The average Bonchev–Trinajstić information content (AvgIpc) is 2.76. The van der Waals surface area contributed by atoms with E-state index in [0.29, 0.717) is 6.79 Å². The van der Waals surface area contributed by atoms with Crippen LogP contribution in [0.3, 0.4) is 0 Å². The average molecular weight is 251 g/mol. The van der Waals surface area contributed by atoms with Gasteiger partial charge in [0, 0.05) is 18.7 Å². The minimum absolute atomic E-state index is 0.0227. The number of hydrogen-bond acceptors (Lipinski definition) is 4. The maximum absolute atomic E-state index is 9.08. The fraction of sp³-hybridized carbons (Fsp3) is 0.571. The molecule has 0 radical (unpaired) electrons. The molecule has 0 fully saturated rings. The predicted octanol–water partition coefficient (Wildman–Crippen LogP) is 2.01. The molecule has 0 atom stereocenters. The van der Waals surface area contributed by atoms with Gasteiger partial charge in [0.15, 0.2) is 11.5 Å². The van der Waals surface area contributed by atoms with Crippen LogP contribution in [0.1, 0.15) is 25.8 Å². The van der Waals surface area contributed by atoms with Crippen molar-refractivity contribution in [1.82, 2.24) is 4.90 Å². The lowest BCUT2D eigenvalue weighted by Crippen LogP contribution is -2.41. The van der Waals surface area contributed by atoms with Gasteiger partial charge in [0.05, 0.1) is 0 Å². The third-order valence-electron chi connectivity index (χ3n) is 3.61. The third kappa shape index (κ3) is 2.76. The van der Waals surface area contributed by atoms with Crippen molar-refractivity contribution in [3.05, 3.63) is 23.8 Å². The largest absolute Gasteiger partial charge is 0.454 e. The molecule has 0 unspecified atom stereocenters. The molecule has 0 spiro atoms. The zero-order valence-electron chi connectivity index (χ0n) is 11.3. The molecule has 1 heterocycles. The molecular formula is C14H21NO3. The fourth-order valence-electron chi connectivity index (χ4n) is 1.99. The normalized spacial score (nSPS) is 14.3. The second-order valence-corrected chi connectivity index (χ2v) is 5.33. The quantitative estimate of drug-likeness (QED) is 0.869. The van der Waals surface area contributed by atoms with Gasteiger partial charge in [-0.15, -0.1) is 0 Å². The van der Waals surface area contributed by atoms with Gasteiger partial charge in [0.1, 0.15) is 0 Å². The van der Waals surface area contributed by atoms with Crippen LogP contribution in [0.4, 0.5) is 0 Å². The van der Waals surface area contributed by atoms with E-state index in [4.69, 9.17) is 14.6 Å². The first kappa shape index (κ1) is 13.2. The molecular weight excluding hydrogens is 230 g/mol. The molecule has 0 saturated carbocycles. The summed E-state index contributed by atoms with van der Waals surface area (Å²) in [6.07, 6.45) is 0.758. The number of nitrogens with zero attached hydrogens (tertiary/aromatic N) is 1. The molecule has 4 nitrogen and oxygen atoms in total. The first-order valence-corrected chi connectivity index (χ1v) is 6.23. The summed E-state index contributed by atoms with van der Waals surface area (Å²) in [6, 6.07) is 6.03. The molecule has 0 aromatic heterocycles. The van der Waals surface area contributed by atoms with Crippen LogP contribution in [0.5, 0.6) is 11.5 Å². The van der Waals surface area contributed by atoms with Crippen LogP contribution in [-0.4, -0.2) is 36.0 Å². The van der Waals surface area contributed by atoms with Crippen molar-refractivity contribution in [3.8, 4) is 11.5 Å². The van der Waals surface area contributed by atoms with Gasteiger partial charge in [-0.05, 0) is 45.0 Å². The van der Waals surface area contributed by atoms with E-state index in [2.05, 4.69) is 31.9 Å². The van der Waals surface area contributed by atoms with Gasteiger partial charge in [-0.1, -0.05) is 6.07 Å². The number of fused-ring (bicyclic) bond motifs is 1. The highest BCUT2D eigenvalue weighted by Crippen LogP contribution is 2.33. The van der Waals surface area contributed by atoms with Crippen LogP contribution in [0, 0.1) is 0 Å². The Hall–Kier alpha value is -1.26. The Kier molecular flexibility index (Phi) is 3.78. The summed E-state index contributed by atoms with van der Waals surface area (Å²) in [4.78, 5) is 2.24. The maximum atomic E-state index is 9.08. The molecule has 4 heteroatoms. The lowest BCUT2D eigenvalue weighted by Gasteiger charge is -2.35. The minimum Gasteiger partial charge on any atom is -0.454 e. The highest BCUT2D eigenvalue weighted by Gasteiger charge is 2.23. The summed E-state index contributed by atoms with van der Waals surface area (Å²) >= 11 is 0. The molecule has 0 saturated heterocycles. The Labute approximate surface area is 108 Å². The van der Waals surface area contributed by atoms with E-state index >= 15 is 0 Å². The van der Waals surface area contributed by atoms with Crippen LogP contribution in [0.25, 0.3) is 0 Å². The molecule has 1 aromatic rings. The highest BCUT2D eigenvalue weighted by molar-refractivity contribution is 5.44. The molecule has 0 amide bonds. The lowest BCUT2D eigenvalue weighted by molar-refractivity contribution is 0.110.